The van der Waals surface area contributed by atoms with E-state index < -0.39 is 0 Å². The average molecular weight is 241 g/mol. The zero-order valence-corrected chi connectivity index (χ0v) is 9.78. The van der Waals surface area contributed by atoms with Crippen molar-refractivity contribution in [1.29, 1.82) is 0 Å². The minimum atomic E-state index is 0.0263. The number of anilines is 1. The molecule has 1 saturated heterocycles. The van der Waals surface area contributed by atoms with Gasteiger partial charge in [-0.15, -0.1) is 11.6 Å². The van der Waals surface area contributed by atoms with Crippen molar-refractivity contribution in [1.82, 2.24) is 4.90 Å². The smallest absolute Gasteiger partial charge is 0.274 e. The fourth-order valence-electron chi connectivity index (χ4n) is 1.86. The van der Waals surface area contributed by atoms with Crippen LogP contribution in [-0.4, -0.2) is 42.9 Å². The molecule has 1 amide bonds. The molecule has 2 heterocycles. The first kappa shape index (κ1) is 11.2. The van der Waals surface area contributed by atoms with Crippen LogP contribution in [0.3, 0.4) is 0 Å². The van der Waals surface area contributed by atoms with E-state index >= 15 is 0 Å². The maximum absolute atomic E-state index is 11.4. The number of carbonyl (C=O) groups is 1. The number of hydrogen-bond acceptors (Lipinski definition) is 2. The molecule has 1 aliphatic heterocycles. The second kappa shape index (κ2) is 5.16. The summed E-state index contributed by atoms with van der Waals surface area (Å²) in [4.78, 5) is 18.6. The number of H-pyrrole nitrogens is 1. The van der Waals surface area contributed by atoms with E-state index in [1.54, 1.807) is 0 Å². The number of aromatic amines is 1. The Hall–Kier alpha value is -1.29. The van der Waals surface area contributed by atoms with Gasteiger partial charge in [-0.3, -0.25) is 9.69 Å². The van der Waals surface area contributed by atoms with Crippen LogP contribution in [0.25, 0.3) is 0 Å². The monoisotopic (exact) mass is 240 g/mol. The Kier molecular flexibility index (Phi) is 3.62. The van der Waals surface area contributed by atoms with Gasteiger partial charge in [0.15, 0.2) is 0 Å². The van der Waals surface area contributed by atoms with Crippen molar-refractivity contribution in [3.05, 3.63) is 24.4 Å². The van der Waals surface area contributed by atoms with E-state index in [1.165, 1.54) is 0 Å². The van der Waals surface area contributed by atoms with Crippen molar-refractivity contribution in [2.75, 3.05) is 37.0 Å². The van der Waals surface area contributed by atoms with Crippen LogP contribution in [0.4, 0.5) is 5.82 Å². The SMILES string of the molecule is O=C(CCl)N1CCN(c2cccc[nH+]2)CC1. The summed E-state index contributed by atoms with van der Waals surface area (Å²) in [6.45, 7) is 3.19. The van der Waals surface area contributed by atoms with Crippen LogP contribution >= 0.6 is 11.6 Å². The Morgan fingerprint density at radius 3 is 2.62 bits per heavy atom. The number of pyridine rings is 1. The van der Waals surface area contributed by atoms with E-state index in [0.29, 0.717) is 0 Å². The molecule has 0 aliphatic carbocycles. The van der Waals surface area contributed by atoms with Crippen molar-refractivity contribution in [3.8, 4) is 0 Å². The lowest BCUT2D eigenvalue weighted by Gasteiger charge is -2.30. The minimum Gasteiger partial charge on any atom is -0.334 e. The summed E-state index contributed by atoms with van der Waals surface area (Å²) in [5.41, 5.74) is 0. The number of hydrogen-bond donors (Lipinski definition) is 0. The third-order valence-electron chi connectivity index (χ3n) is 2.78. The maximum atomic E-state index is 11.4. The van der Waals surface area contributed by atoms with E-state index in [0.717, 1.165) is 32.0 Å². The fraction of sp³-hybridized carbons (Fsp3) is 0.455. The number of carbonyl (C=O) groups excluding carboxylic acids is 1. The first-order valence-corrected chi connectivity index (χ1v) is 5.90. The van der Waals surface area contributed by atoms with Gasteiger partial charge in [0, 0.05) is 6.07 Å². The second-order valence-corrected chi connectivity index (χ2v) is 4.02. The summed E-state index contributed by atoms with van der Waals surface area (Å²) < 4.78 is 0. The molecule has 2 rings (SSSR count). The zero-order chi connectivity index (χ0) is 11.4. The molecule has 1 fully saturated rings. The van der Waals surface area contributed by atoms with Gasteiger partial charge in [0.25, 0.3) is 5.82 Å². The van der Waals surface area contributed by atoms with Crippen molar-refractivity contribution >= 4 is 23.3 Å². The topological polar surface area (TPSA) is 37.7 Å². The Morgan fingerprint density at radius 1 is 1.31 bits per heavy atom. The van der Waals surface area contributed by atoms with Crippen LogP contribution in [0.2, 0.25) is 0 Å². The zero-order valence-electron chi connectivity index (χ0n) is 9.03. The number of nitrogens with zero attached hydrogens (tertiary/aromatic N) is 2. The van der Waals surface area contributed by atoms with Gasteiger partial charge in [-0.1, -0.05) is 6.07 Å². The molecular formula is C11H15ClN3O+. The molecular weight excluding hydrogens is 226 g/mol. The molecule has 0 bridgehead atoms. The molecule has 0 spiro atoms. The number of nitrogens with one attached hydrogen (secondary N) is 1. The molecule has 0 atom stereocenters. The average Bonchev–Trinajstić information content (AvgIpc) is 2.39. The van der Waals surface area contributed by atoms with Crippen LogP contribution < -0.4 is 9.88 Å². The Labute approximate surface area is 99.8 Å². The van der Waals surface area contributed by atoms with Crippen LogP contribution in [-0.2, 0) is 4.79 Å². The number of halogens is 1. The van der Waals surface area contributed by atoms with Crippen LogP contribution in [0, 0.1) is 0 Å². The van der Waals surface area contributed by atoms with Crippen LogP contribution in [0.5, 0.6) is 0 Å². The summed E-state index contributed by atoms with van der Waals surface area (Å²) in [7, 11) is 0. The first-order chi connectivity index (χ1) is 7.81. The highest BCUT2D eigenvalue weighted by molar-refractivity contribution is 6.27. The van der Waals surface area contributed by atoms with Crippen molar-refractivity contribution < 1.29 is 9.78 Å². The second-order valence-electron chi connectivity index (χ2n) is 3.75. The number of alkyl halides is 1. The highest BCUT2D eigenvalue weighted by atomic mass is 35.5. The Bertz CT molecular complexity index is 350. The normalized spacial score (nSPS) is 16.3. The molecule has 0 aromatic carbocycles. The lowest BCUT2D eigenvalue weighted by atomic mass is 10.3. The summed E-state index contributed by atoms with van der Waals surface area (Å²) >= 11 is 5.53. The van der Waals surface area contributed by atoms with E-state index in [4.69, 9.17) is 11.6 Å². The Morgan fingerprint density at radius 2 is 2.06 bits per heavy atom. The van der Waals surface area contributed by atoms with Crippen molar-refractivity contribution in [2.45, 2.75) is 0 Å². The van der Waals surface area contributed by atoms with Crippen molar-refractivity contribution in [2.24, 2.45) is 0 Å². The van der Waals surface area contributed by atoms with Crippen molar-refractivity contribution in [3.63, 3.8) is 0 Å². The molecule has 16 heavy (non-hydrogen) atoms. The number of amides is 1. The van der Waals surface area contributed by atoms with E-state index in [9.17, 15) is 4.79 Å². The standard InChI is InChI=1S/C11H14ClN3O/c12-9-11(16)15-7-5-14(6-8-15)10-3-1-2-4-13-10/h1-4H,5-9H2/p+1. The highest BCUT2D eigenvalue weighted by Gasteiger charge is 2.25. The number of piperazine rings is 1. The lowest BCUT2D eigenvalue weighted by molar-refractivity contribution is -0.364. The maximum Gasteiger partial charge on any atom is 0.274 e. The van der Waals surface area contributed by atoms with E-state index in [1.807, 2.05) is 29.3 Å². The summed E-state index contributed by atoms with van der Waals surface area (Å²) in [5.74, 6) is 1.20. The van der Waals surface area contributed by atoms with Gasteiger partial charge in [0.2, 0.25) is 5.91 Å². The van der Waals surface area contributed by atoms with Gasteiger partial charge in [-0.2, -0.15) is 0 Å². The molecule has 1 aromatic heterocycles. The molecule has 5 heteroatoms. The Balaban J connectivity index is 1.93. The molecule has 1 aliphatic rings. The predicted molar refractivity (Wildman–Crippen MR) is 62.5 cm³/mol. The number of rotatable bonds is 2. The number of aromatic nitrogens is 1. The fourth-order valence-corrected chi connectivity index (χ4v) is 2.03. The predicted octanol–water partition coefficient (Wildman–Crippen LogP) is 0.388. The third-order valence-corrected chi connectivity index (χ3v) is 3.01. The van der Waals surface area contributed by atoms with Gasteiger partial charge in [0.1, 0.15) is 19.0 Å². The summed E-state index contributed by atoms with van der Waals surface area (Å²) in [6, 6.07) is 6.00. The molecule has 0 radical (unpaired) electrons. The third kappa shape index (κ3) is 2.44. The first-order valence-electron chi connectivity index (χ1n) is 5.36. The molecule has 86 valence electrons. The van der Waals surface area contributed by atoms with Crippen LogP contribution in [0.15, 0.2) is 24.4 Å². The largest absolute Gasteiger partial charge is 0.334 e. The van der Waals surface area contributed by atoms with E-state index in [2.05, 4.69) is 9.88 Å². The quantitative estimate of drug-likeness (QED) is 0.702. The molecule has 1 N–H and O–H groups in total. The van der Waals surface area contributed by atoms with Crippen LogP contribution in [0.1, 0.15) is 0 Å². The lowest BCUT2D eigenvalue weighted by Crippen LogP contribution is -2.50. The summed E-state index contributed by atoms with van der Waals surface area (Å²) in [6.07, 6.45) is 1.91. The van der Waals surface area contributed by atoms with Gasteiger partial charge in [0.05, 0.1) is 19.3 Å². The molecule has 0 unspecified atom stereocenters. The summed E-state index contributed by atoms with van der Waals surface area (Å²) in [5, 5.41) is 0. The highest BCUT2D eigenvalue weighted by Crippen LogP contribution is 2.09. The van der Waals surface area contributed by atoms with Gasteiger partial charge >= 0.3 is 0 Å². The minimum absolute atomic E-state index is 0.0263. The van der Waals surface area contributed by atoms with Gasteiger partial charge < -0.3 is 4.90 Å². The molecule has 1 aromatic rings. The molecule has 0 saturated carbocycles. The van der Waals surface area contributed by atoms with Gasteiger partial charge in [-0.25, -0.2) is 4.98 Å². The molecule has 4 nitrogen and oxygen atoms in total. The van der Waals surface area contributed by atoms with Gasteiger partial charge in [-0.05, 0) is 6.07 Å². The van der Waals surface area contributed by atoms with E-state index in [-0.39, 0.29) is 11.8 Å².